The van der Waals surface area contributed by atoms with E-state index < -0.39 is 0 Å². The van der Waals surface area contributed by atoms with Gasteiger partial charge in [-0.2, -0.15) is 0 Å². The Morgan fingerprint density at radius 2 is 1.88 bits per heavy atom. The largest absolute Gasteiger partial charge is 0.330 e. The lowest BCUT2D eigenvalue weighted by Gasteiger charge is -2.35. The molecule has 0 aromatic carbocycles. The van der Waals surface area contributed by atoms with E-state index >= 15 is 0 Å². The SMILES string of the molecule is CN(C)CC1CCN(CC2(CN)CC2)CC1. The fraction of sp³-hybridized carbons (Fsp3) is 1.00. The number of hydrogen-bond acceptors (Lipinski definition) is 3. The van der Waals surface area contributed by atoms with Crippen molar-refractivity contribution in [1.29, 1.82) is 0 Å². The fourth-order valence-corrected chi connectivity index (χ4v) is 2.92. The Labute approximate surface area is 100.0 Å². The molecule has 2 aliphatic rings. The summed E-state index contributed by atoms with van der Waals surface area (Å²) in [6, 6.07) is 0. The summed E-state index contributed by atoms with van der Waals surface area (Å²) in [5.41, 5.74) is 6.37. The van der Waals surface area contributed by atoms with Crippen LogP contribution in [0.15, 0.2) is 0 Å². The van der Waals surface area contributed by atoms with Gasteiger partial charge < -0.3 is 15.5 Å². The highest BCUT2D eigenvalue weighted by Crippen LogP contribution is 2.45. The Balaban J connectivity index is 1.69. The van der Waals surface area contributed by atoms with Gasteiger partial charge in [0, 0.05) is 13.1 Å². The summed E-state index contributed by atoms with van der Waals surface area (Å²) in [5, 5.41) is 0. The Kier molecular flexibility index (Phi) is 3.88. The van der Waals surface area contributed by atoms with E-state index in [-0.39, 0.29) is 0 Å². The monoisotopic (exact) mass is 225 g/mol. The van der Waals surface area contributed by atoms with Gasteiger partial charge in [0.1, 0.15) is 0 Å². The highest BCUT2D eigenvalue weighted by Gasteiger charge is 2.42. The minimum absolute atomic E-state index is 0.522. The molecule has 3 heteroatoms. The molecule has 0 unspecified atom stereocenters. The first kappa shape index (κ1) is 12.3. The van der Waals surface area contributed by atoms with Gasteiger partial charge in [-0.05, 0) is 70.7 Å². The van der Waals surface area contributed by atoms with Crippen molar-refractivity contribution in [3.05, 3.63) is 0 Å². The Morgan fingerprint density at radius 3 is 2.31 bits per heavy atom. The zero-order valence-electron chi connectivity index (χ0n) is 10.9. The summed E-state index contributed by atoms with van der Waals surface area (Å²) >= 11 is 0. The molecule has 0 bridgehead atoms. The molecule has 0 aromatic heterocycles. The van der Waals surface area contributed by atoms with Crippen molar-refractivity contribution >= 4 is 0 Å². The predicted molar refractivity (Wildman–Crippen MR) is 68.4 cm³/mol. The number of piperidine rings is 1. The molecule has 0 radical (unpaired) electrons. The summed E-state index contributed by atoms with van der Waals surface area (Å²) in [4.78, 5) is 4.97. The van der Waals surface area contributed by atoms with Gasteiger partial charge in [0.15, 0.2) is 0 Å². The second kappa shape index (κ2) is 5.03. The first-order chi connectivity index (χ1) is 7.63. The second-order valence-corrected chi connectivity index (χ2v) is 6.19. The van der Waals surface area contributed by atoms with Crippen molar-refractivity contribution in [2.45, 2.75) is 25.7 Å². The number of rotatable bonds is 5. The fourth-order valence-electron chi connectivity index (χ4n) is 2.92. The molecule has 16 heavy (non-hydrogen) atoms. The van der Waals surface area contributed by atoms with Crippen LogP contribution in [0.1, 0.15) is 25.7 Å². The maximum absolute atomic E-state index is 5.85. The molecule has 0 aromatic rings. The molecule has 1 aliphatic carbocycles. The molecule has 3 nitrogen and oxygen atoms in total. The molecule has 1 heterocycles. The smallest absolute Gasteiger partial charge is 0.00501 e. The number of hydrogen-bond donors (Lipinski definition) is 1. The summed E-state index contributed by atoms with van der Waals surface area (Å²) < 4.78 is 0. The van der Waals surface area contributed by atoms with Crippen molar-refractivity contribution in [1.82, 2.24) is 9.80 Å². The van der Waals surface area contributed by atoms with Crippen molar-refractivity contribution in [2.75, 3.05) is 46.8 Å². The zero-order chi connectivity index (χ0) is 11.6. The van der Waals surface area contributed by atoms with Crippen molar-refractivity contribution in [3.8, 4) is 0 Å². The van der Waals surface area contributed by atoms with Gasteiger partial charge in [0.25, 0.3) is 0 Å². The van der Waals surface area contributed by atoms with E-state index in [9.17, 15) is 0 Å². The molecule has 1 saturated carbocycles. The summed E-state index contributed by atoms with van der Waals surface area (Å²) in [6.45, 7) is 6.00. The van der Waals surface area contributed by atoms with E-state index in [4.69, 9.17) is 5.73 Å². The molecule has 0 spiro atoms. The lowest BCUT2D eigenvalue weighted by Crippen LogP contribution is -2.41. The van der Waals surface area contributed by atoms with Gasteiger partial charge in [-0.25, -0.2) is 0 Å². The average molecular weight is 225 g/mol. The van der Waals surface area contributed by atoms with E-state index in [1.54, 1.807) is 0 Å². The number of likely N-dealkylation sites (tertiary alicyclic amines) is 1. The minimum atomic E-state index is 0.522. The Morgan fingerprint density at radius 1 is 1.25 bits per heavy atom. The van der Waals surface area contributed by atoms with Crippen LogP contribution in [0.2, 0.25) is 0 Å². The summed E-state index contributed by atoms with van der Waals surface area (Å²) in [6.07, 6.45) is 5.47. The van der Waals surface area contributed by atoms with Gasteiger partial charge in [-0.15, -0.1) is 0 Å². The zero-order valence-corrected chi connectivity index (χ0v) is 10.9. The van der Waals surface area contributed by atoms with E-state index in [1.807, 2.05) is 0 Å². The second-order valence-electron chi connectivity index (χ2n) is 6.19. The minimum Gasteiger partial charge on any atom is -0.330 e. The maximum atomic E-state index is 5.85. The molecule has 94 valence electrons. The van der Waals surface area contributed by atoms with E-state index in [1.165, 1.54) is 51.9 Å². The standard InChI is InChI=1S/C13H27N3/c1-15(2)9-12-3-7-16(8-4-12)11-13(10-14)5-6-13/h12H,3-11,14H2,1-2H3. The lowest BCUT2D eigenvalue weighted by molar-refractivity contribution is 0.140. The van der Waals surface area contributed by atoms with Crippen LogP contribution in [0.3, 0.4) is 0 Å². The van der Waals surface area contributed by atoms with E-state index in [0.717, 1.165) is 12.5 Å². The topological polar surface area (TPSA) is 32.5 Å². The third-order valence-corrected chi connectivity index (χ3v) is 4.28. The van der Waals surface area contributed by atoms with Crippen molar-refractivity contribution in [2.24, 2.45) is 17.1 Å². The highest BCUT2D eigenvalue weighted by atomic mass is 15.1. The maximum Gasteiger partial charge on any atom is 0.00501 e. The van der Waals surface area contributed by atoms with Crippen LogP contribution in [-0.2, 0) is 0 Å². The third kappa shape index (κ3) is 3.19. The van der Waals surface area contributed by atoms with Crippen LogP contribution in [0.25, 0.3) is 0 Å². The lowest BCUT2D eigenvalue weighted by atomic mass is 9.95. The molecular weight excluding hydrogens is 198 g/mol. The predicted octanol–water partition coefficient (Wildman–Crippen LogP) is 0.999. The molecule has 0 atom stereocenters. The van der Waals surface area contributed by atoms with Crippen LogP contribution in [0, 0.1) is 11.3 Å². The molecule has 2 N–H and O–H groups in total. The van der Waals surface area contributed by atoms with Gasteiger partial charge in [0.2, 0.25) is 0 Å². The van der Waals surface area contributed by atoms with Gasteiger partial charge in [-0.3, -0.25) is 0 Å². The normalized spacial score (nSPS) is 26.2. The Bertz CT molecular complexity index is 215. The molecule has 1 saturated heterocycles. The van der Waals surface area contributed by atoms with Crippen molar-refractivity contribution in [3.63, 3.8) is 0 Å². The van der Waals surface area contributed by atoms with Crippen LogP contribution in [0.5, 0.6) is 0 Å². The quantitative estimate of drug-likeness (QED) is 0.757. The third-order valence-electron chi connectivity index (χ3n) is 4.28. The number of nitrogens with two attached hydrogens (primary N) is 1. The van der Waals surface area contributed by atoms with Crippen LogP contribution < -0.4 is 5.73 Å². The summed E-state index contributed by atoms with van der Waals surface area (Å²) in [7, 11) is 4.36. The van der Waals surface area contributed by atoms with Gasteiger partial charge in [-0.1, -0.05) is 0 Å². The summed E-state index contributed by atoms with van der Waals surface area (Å²) in [5.74, 6) is 0.916. The first-order valence-electron chi connectivity index (χ1n) is 6.71. The van der Waals surface area contributed by atoms with E-state index in [2.05, 4.69) is 23.9 Å². The molecule has 1 aliphatic heterocycles. The van der Waals surface area contributed by atoms with Crippen molar-refractivity contribution < 1.29 is 0 Å². The van der Waals surface area contributed by atoms with Crippen LogP contribution in [0.4, 0.5) is 0 Å². The molecule has 0 amide bonds. The van der Waals surface area contributed by atoms with Gasteiger partial charge in [0.05, 0.1) is 0 Å². The molecular formula is C13H27N3. The number of nitrogens with zero attached hydrogens (tertiary/aromatic N) is 2. The van der Waals surface area contributed by atoms with Crippen LogP contribution in [-0.4, -0.2) is 56.6 Å². The molecule has 2 rings (SSSR count). The average Bonchev–Trinajstić information content (AvgIpc) is 3.01. The van der Waals surface area contributed by atoms with Gasteiger partial charge >= 0.3 is 0 Å². The highest BCUT2D eigenvalue weighted by molar-refractivity contribution is 4.96. The van der Waals surface area contributed by atoms with Crippen LogP contribution >= 0.6 is 0 Å². The van der Waals surface area contributed by atoms with E-state index in [0.29, 0.717) is 5.41 Å². The Hall–Kier alpha value is -0.120. The molecule has 2 fully saturated rings. The first-order valence-corrected chi connectivity index (χ1v) is 6.71.